The molecule has 0 aromatic heterocycles. The molecule has 2 aromatic carbocycles. The zero-order valence-electron chi connectivity index (χ0n) is 18.4. The number of carbonyl (C=O) groups excluding carboxylic acids is 2. The van der Waals surface area contributed by atoms with Crippen LogP contribution in [0.5, 0.6) is 0 Å². The molecule has 1 aliphatic rings. The first-order valence-corrected chi connectivity index (χ1v) is 11.1. The van der Waals surface area contributed by atoms with Crippen LogP contribution in [0.15, 0.2) is 42.5 Å². The van der Waals surface area contributed by atoms with Crippen LogP contribution in [0.2, 0.25) is 5.02 Å². The van der Waals surface area contributed by atoms with E-state index >= 15 is 0 Å². The van der Waals surface area contributed by atoms with Crippen molar-refractivity contribution < 1.29 is 27.8 Å². The molecule has 1 unspecified atom stereocenters. The number of benzene rings is 2. The molecule has 0 saturated carbocycles. The summed E-state index contributed by atoms with van der Waals surface area (Å²) in [4.78, 5) is 27.4. The number of hydrogen-bond acceptors (Lipinski definition) is 5. The molecule has 9 heteroatoms. The minimum atomic E-state index is -0.649. The van der Waals surface area contributed by atoms with Gasteiger partial charge in [-0.3, -0.25) is 14.5 Å². The molecule has 6 nitrogen and oxygen atoms in total. The highest BCUT2D eigenvalue weighted by Gasteiger charge is 2.25. The zero-order valence-corrected chi connectivity index (χ0v) is 19.2. The third-order valence-corrected chi connectivity index (χ3v) is 5.90. The second-order valence-corrected chi connectivity index (χ2v) is 8.25. The number of esters is 1. The Labute approximate surface area is 197 Å². The first kappa shape index (κ1) is 25.1. The lowest BCUT2D eigenvalue weighted by molar-refractivity contribution is -0.144. The SMILES string of the molecule is COC(=O)CCC(=O)N1CCN(CC(OCc2c(F)cccc2F)c2ccc(Cl)cc2)CC1. The molecule has 0 spiro atoms. The second kappa shape index (κ2) is 12.1. The second-order valence-electron chi connectivity index (χ2n) is 7.81. The van der Waals surface area contributed by atoms with Crippen molar-refractivity contribution in [1.29, 1.82) is 0 Å². The molecular weight excluding hydrogens is 454 g/mol. The Kier molecular flexibility index (Phi) is 9.17. The van der Waals surface area contributed by atoms with E-state index in [0.29, 0.717) is 37.7 Å². The quantitative estimate of drug-likeness (QED) is 0.508. The van der Waals surface area contributed by atoms with E-state index in [1.807, 2.05) is 12.1 Å². The lowest BCUT2D eigenvalue weighted by atomic mass is 10.1. The highest BCUT2D eigenvalue weighted by molar-refractivity contribution is 6.30. The molecule has 0 radical (unpaired) electrons. The van der Waals surface area contributed by atoms with Gasteiger partial charge in [-0.25, -0.2) is 8.78 Å². The summed E-state index contributed by atoms with van der Waals surface area (Å²) in [5, 5.41) is 0.580. The Morgan fingerprint density at radius 2 is 1.64 bits per heavy atom. The van der Waals surface area contributed by atoms with E-state index in [9.17, 15) is 18.4 Å². The van der Waals surface area contributed by atoms with Gasteiger partial charge in [0, 0.05) is 49.7 Å². The van der Waals surface area contributed by atoms with Crippen molar-refractivity contribution in [2.75, 3.05) is 39.8 Å². The third kappa shape index (κ3) is 7.22. The average molecular weight is 481 g/mol. The number of ether oxygens (including phenoxy) is 2. The van der Waals surface area contributed by atoms with Crippen LogP contribution >= 0.6 is 11.6 Å². The standard InChI is InChI=1S/C24H27ClF2N2O4/c1-32-24(31)10-9-23(30)29-13-11-28(12-14-29)15-22(17-5-7-18(25)8-6-17)33-16-19-20(26)3-2-4-21(19)27/h2-8,22H,9-16H2,1H3. The highest BCUT2D eigenvalue weighted by atomic mass is 35.5. The van der Waals surface area contributed by atoms with Crippen LogP contribution in [0.3, 0.4) is 0 Å². The minimum Gasteiger partial charge on any atom is -0.469 e. The highest BCUT2D eigenvalue weighted by Crippen LogP contribution is 2.25. The normalized spacial score (nSPS) is 15.3. The summed E-state index contributed by atoms with van der Waals surface area (Å²) in [5.41, 5.74) is 0.727. The summed E-state index contributed by atoms with van der Waals surface area (Å²) in [6, 6.07) is 10.9. The first-order chi connectivity index (χ1) is 15.9. The lowest BCUT2D eigenvalue weighted by Crippen LogP contribution is -2.49. The van der Waals surface area contributed by atoms with E-state index in [0.717, 1.165) is 5.56 Å². The maximum Gasteiger partial charge on any atom is 0.306 e. The van der Waals surface area contributed by atoms with E-state index in [1.54, 1.807) is 17.0 Å². The van der Waals surface area contributed by atoms with Gasteiger partial charge in [-0.15, -0.1) is 0 Å². The minimum absolute atomic E-state index is 0.0641. The molecular formula is C24H27ClF2N2O4. The van der Waals surface area contributed by atoms with E-state index < -0.39 is 23.7 Å². The van der Waals surface area contributed by atoms with Crippen molar-refractivity contribution in [2.24, 2.45) is 0 Å². The average Bonchev–Trinajstić information content (AvgIpc) is 2.82. The van der Waals surface area contributed by atoms with Gasteiger partial charge < -0.3 is 14.4 Å². The number of piperazine rings is 1. The van der Waals surface area contributed by atoms with E-state index in [4.69, 9.17) is 16.3 Å². The number of carbonyl (C=O) groups is 2. The van der Waals surface area contributed by atoms with Gasteiger partial charge in [0.2, 0.25) is 5.91 Å². The van der Waals surface area contributed by atoms with Crippen LogP contribution in [0.25, 0.3) is 0 Å². The number of amides is 1. The Morgan fingerprint density at radius 3 is 2.24 bits per heavy atom. The van der Waals surface area contributed by atoms with Crippen molar-refractivity contribution in [3.8, 4) is 0 Å². The van der Waals surface area contributed by atoms with Gasteiger partial charge in [-0.1, -0.05) is 29.8 Å². The van der Waals surface area contributed by atoms with E-state index in [2.05, 4.69) is 9.64 Å². The summed E-state index contributed by atoms with van der Waals surface area (Å²) < 4.78 is 38.7. The van der Waals surface area contributed by atoms with Gasteiger partial charge in [0.1, 0.15) is 11.6 Å². The fourth-order valence-corrected chi connectivity index (χ4v) is 3.80. The van der Waals surface area contributed by atoms with Crippen LogP contribution in [0.1, 0.15) is 30.1 Å². The van der Waals surface area contributed by atoms with Crippen molar-refractivity contribution in [3.63, 3.8) is 0 Å². The van der Waals surface area contributed by atoms with Gasteiger partial charge >= 0.3 is 5.97 Å². The summed E-state index contributed by atoms with van der Waals surface area (Å²) in [6.07, 6.45) is -0.255. The molecule has 1 saturated heterocycles. The summed E-state index contributed by atoms with van der Waals surface area (Å²) >= 11 is 6.01. The molecule has 0 aliphatic carbocycles. The fraction of sp³-hybridized carbons (Fsp3) is 0.417. The molecule has 1 fully saturated rings. The monoisotopic (exact) mass is 480 g/mol. The van der Waals surface area contributed by atoms with Gasteiger partial charge in [-0.05, 0) is 29.8 Å². The summed E-state index contributed by atoms with van der Waals surface area (Å²) in [6.45, 7) is 2.56. The number of halogens is 3. The Hall–Kier alpha value is -2.55. The van der Waals surface area contributed by atoms with Gasteiger partial charge in [-0.2, -0.15) is 0 Å². The van der Waals surface area contributed by atoms with Crippen LogP contribution in [-0.2, 0) is 25.7 Å². The largest absolute Gasteiger partial charge is 0.469 e. The molecule has 178 valence electrons. The van der Waals surface area contributed by atoms with Crippen LogP contribution < -0.4 is 0 Å². The smallest absolute Gasteiger partial charge is 0.306 e. The summed E-state index contributed by atoms with van der Waals surface area (Å²) in [5.74, 6) is -1.79. The maximum atomic E-state index is 14.1. The molecule has 1 aliphatic heterocycles. The Bertz CT molecular complexity index is 930. The maximum absolute atomic E-state index is 14.1. The van der Waals surface area contributed by atoms with Crippen LogP contribution in [-0.4, -0.2) is 61.5 Å². The third-order valence-electron chi connectivity index (χ3n) is 5.65. The molecule has 1 amide bonds. The molecule has 1 atom stereocenters. The number of hydrogen-bond donors (Lipinski definition) is 0. The van der Waals surface area contributed by atoms with Crippen molar-refractivity contribution in [2.45, 2.75) is 25.6 Å². The lowest BCUT2D eigenvalue weighted by Gasteiger charge is -2.36. The summed E-state index contributed by atoms with van der Waals surface area (Å²) in [7, 11) is 1.30. The van der Waals surface area contributed by atoms with Crippen molar-refractivity contribution in [3.05, 3.63) is 70.2 Å². The fourth-order valence-electron chi connectivity index (χ4n) is 3.67. The zero-order chi connectivity index (χ0) is 23.8. The van der Waals surface area contributed by atoms with Gasteiger partial charge in [0.05, 0.1) is 26.2 Å². The molecule has 33 heavy (non-hydrogen) atoms. The first-order valence-electron chi connectivity index (χ1n) is 10.7. The van der Waals surface area contributed by atoms with E-state index in [1.165, 1.54) is 25.3 Å². The molecule has 2 aromatic rings. The molecule has 1 heterocycles. The molecule has 3 rings (SSSR count). The van der Waals surface area contributed by atoms with Gasteiger partial charge in [0.25, 0.3) is 0 Å². The predicted molar refractivity (Wildman–Crippen MR) is 120 cm³/mol. The predicted octanol–water partition coefficient (Wildman–Crippen LogP) is 3.97. The number of nitrogens with zero attached hydrogens (tertiary/aromatic N) is 2. The van der Waals surface area contributed by atoms with Crippen molar-refractivity contribution >= 4 is 23.5 Å². The molecule has 0 bridgehead atoms. The van der Waals surface area contributed by atoms with Crippen LogP contribution in [0, 0.1) is 11.6 Å². The topological polar surface area (TPSA) is 59.1 Å². The van der Waals surface area contributed by atoms with Crippen molar-refractivity contribution in [1.82, 2.24) is 9.80 Å². The Balaban J connectivity index is 1.61. The Morgan fingerprint density at radius 1 is 1.00 bits per heavy atom. The molecule has 0 N–H and O–H groups in total. The number of methoxy groups -OCH3 is 1. The number of rotatable bonds is 9. The van der Waals surface area contributed by atoms with E-state index in [-0.39, 0.29) is 30.9 Å². The van der Waals surface area contributed by atoms with Crippen LogP contribution in [0.4, 0.5) is 8.78 Å². The van der Waals surface area contributed by atoms with Gasteiger partial charge in [0.15, 0.2) is 0 Å².